The molecule has 0 aliphatic rings. The number of aliphatic hydroxyl groups excluding tert-OH is 1. The summed E-state index contributed by atoms with van der Waals surface area (Å²) in [6.07, 6.45) is -0.211. The lowest BCUT2D eigenvalue weighted by molar-refractivity contribution is 0.0316. The van der Waals surface area contributed by atoms with Gasteiger partial charge < -0.3 is 5.11 Å². The van der Waals surface area contributed by atoms with E-state index in [1.807, 2.05) is 6.92 Å². The molecule has 56 valence electrons. The van der Waals surface area contributed by atoms with Crippen molar-refractivity contribution >= 4 is 0 Å². The van der Waals surface area contributed by atoms with Gasteiger partial charge in [0.15, 0.2) is 0 Å². The zero-order valence-corrected chi connectivity index (χ0v) is 7.10. The van der Waals surface area contributed by atoms with E-state index in [2.05, 4.69) is 27.7 Å². The van der Waals surface area contributed by atoms with Gasteiger partial charge >= 0.3 is 0 Å². The van der Waals surface area contributed by atoms with Crippen molar-refractivity contribution in [3.63, 3.8) is 0 Å². The van der Waals surface area contributed by atoms with Crippen molar-refractivity contribution < 1.29 is 5.11 Å². The third kappa shape index (κ3) is 1.98. The first-order valence-electron chi connectivity index (χ1n) is 3.57. The predicted octanol–water partition coefficient (Wildman–Crippen LogP) is 2.05. The molecule has 0 aromatic carbocycles. The summed E-state index contributed by atoms with van der Waals surface area (Å²) in [5, 5.41) is 9.25. The van der Waals surface area contributed by atoms with E-state index in [-0.39, 0.29) is 11.5 Å². The molecule has 0 aliphatic carbocycles. The zero-order valence-electron chi connectivity index (χ0n) is 7.10. The Bertz CT molecular complexity index is 72.6. The molecular weight excluding hydrogens is 112 g/mol. The lowest BCUT2D eigenvalue weighted by atomic mass is 9.77. The van der Waals surface area contributed by atoms with Crippen LogP contribution in [0.5, 0.6) is 0 Å². The van der Waals surface area contributed by atoms with E-state index in [1.54, 1.807) is 0 Å². The maximum Gasteiger partial charge on any atom is 0.0565 e. The molecule has 0 amide bonds. The van der Waals surface area contributed by atoms with E-state index in [0.29, 0.717) is 5.92 Å². The second kappa shape index (κ2) is 2.70. The van der Waals surface area contributed by atoms with E-state index >= 15 is 0 Å². The molecule has 0 saturated carbocycles. The summed E-state index contributed by atoms with van der Waals surface area (Å²) < 4.78 is 0. The molecule has 0 aliphatic heterocycles. The van der Waals surface area contributed by atoms with Crippen LogP contribution in [0.1, 0.15) is 34.6 Å². The van der Waals surface area contributed by atoms with Gasteiger partial charge in [-0.1, -0.05) is 27.7 Å². The zero-order chi connectivity index (χ0) is 7.65. The van der Waals surface area contributed by atoms with Crippen LogP contribution in [0.2, 0.25) is 0 Å². The second-order valence-corrected chi connectivity index (χ2v) is 3.65. The van der Waals surface area contributed by atoms with Crippen molar-refractivity contribution in [2.24, 2.45) is 11.3 Å². The third-order valence-electron chi connectivity index (χ3n) is 2.56. The van der Waals surface area contributed by atoms with Gasteiger partial charge in [-0.05, 0) is 18.3 Å². The summed E-state index contributed by atoms with van der Waals surface area (Å²) in [6.45, 7) is 10.3. The van der Waals surface area contributed by atoms with E-state index in [9.17, 15) is 5.11 Å². The first-order valence-corrected chi connectivity index (χ1v) is 3.57. The Hall–Kier alpha value is -0.0400. The SMILES string of the molecule is CC(C)C(C)(C)[C@H](C)O. The first kappa shape index (κ1) is 8.96. The highest BCUT2D eigenvalue weighted by Crippen LogP contribution is 2.29. The Morgan fingerprint density at radius 2 is 1.44 bits per heavy atom. The van der Waals surface area contributed by atoms with Crippen molar-refractivity contribution in [3.05, 3.63) is 0 Å². The molecule has 0 aromatic rings. The molecular formula is C8H18O. The lowest BCUT2D eigenvalue weighted by Gasteiger charge is -2.32. The predicted molar refractivity (Wildman–Crippen MR) is 40.3 cm³/mol. The molecule has 0 rings (SSSR count). The highest BCUT2D eigenvalue weighted by molar-refractivity contribution is 4.77. The highest BCUT2D eigenvalue weighted by Gasteiger charge is 2.27. The van der Waals surface area contributed by atoms with Crippen LogP contribution in [-0.4, -0.2) is 11.2 Å². The third-order valence-corrected chi connectivity index (χ3v) is 2.56. The van der Waals surface area contributed by atoms with Crippen molar-refractivity contribution in [1.29, 1.82) is 0 Å². The van der Waals surface area contributed by atoms with Crippen molar-refractivity contribution in [2.45, 2.75) is 40.7 Å². The fraction of sp³-hybridized carbons (Fsp3) is 1.00. The van der Waals surface area contributed by atoms with E-state index < -0.39 is 0 Å². The molecule has 0 spiro atoms. The molecule has 1 atom stereocenters. The molecule has 1 nitrogen and oxygen atoms in total. The maximum absolute atomic E-state index is 9.25. The number of rotatable bonds is 2. The Labute approximate surface area is 58.1 Å². The Morgan fingerprint density at radius 3 is 1.44 bits per heavy atom. The molecule has 0 saturated heterocycles. The van der Waals surface area contributed by atoms with Crippen LogP contribution in [-0.2, 0) is 0 Å². The summed E-state index contributed by atoms with van der Waals surface area (Å²) in [6, 6.07) is 0. The van der Waals surface area contributed by atoms with Gasteiger partial charge in [0.25, 0.3) is 0 Å². The van der Waals surface area contributed by atoms with Gasteiger partial charge in [-0.2, -0.15) is 0 Å². The Balaban J connectivity index is 4.01. The summed E-state index contributed by atoms with van der Waals surface area (Å²) in [7, 11) is 0. The Kier molecular flexibility index (Phi) is 2.68. The lowest BCUT2D eigenvalue weighted by Crippen LogP contribution is -2.31. The minimum atomic E-state index is -0.211. The van der Waals surface area contributed by atoms with Crippen LogP contribution >= 0.6 is 0 Å². The minimum absolute atomic E-state index is 0.0556. The molecule has 0 bridgehead atoms. The van der Waals surface area contributed by atoms with Crippen molar-refractivity contribution in [3.8, 4) is 0 Å². The number of aliphatic hydroxyl groups is 1. The quantitative estimate of drug-likeness (QED) is 0.606. The molecule has 0 aromatic heterocycles. The van der Waals surface area contributed by atoms with E-state index in [4.69, 9.17) is 0 Å². The standard InChI is InChI=1S/C8H18O/c1-6(2)8(4,5)7(3)9/h6-7,9H,1-5H3/t7-/m0/s1. The molecule has 1 heteroatoms. The van der Waals surface area contributed by atoms with Crippen LogP contribution in [0.15, 0.2) is 0 Å². The number of hydrogen-bond acceptors (Lipinski definition) is 1. The van der Waals surface area contributed by atoms with Crippen LogP contribution in [0.25, 0.3) is 0 Å². The van der Waals surface area contributed by atoms with Crippen LogP contribution < -0.4 is 0 Å². The van der Waals surface area contributed by atoms with Gasteiger partial charge in [0, 0.05) is 0 Å². The molecule has 1 N–H and O–H groups in total. The Morgan fingerprint density at radius 1 is 1.11 bits per heavy atom. The fourth-order valence-electron chi connectivity index (χ4n) is 0.482. The summed E-state index contributed by atoms with van der Waals surface area (Å²) in [5.41, 5.74) is 0.0556. The second-order valence-electron chi connectivity index (χ2n) is 3.65. The highest BCUT2D eigenvalue weighted by atomic mass is 16.3. The fourth-order valence-corrected chi connectivity index (χ4v) is 0.482. The van der Waals surface area contributed by atoms with Crippen LogP contribution in [0.3, 0.4) is 0 Å². The van der Waals surface area contributed by atoms with Crippen molar-refractivity contribution in [1.82, 2.24) is 0 Å². The van der Waals surface area contributed by atoms with E-state index in [0.717, 1.165) is 0 Å². The average Bonchev–Trinajstić information content (AvgIpc) is 1.65. The molecule has 0 heterocycles. The van der Waals surface area contributed by atoms with Crippen LogP contribution in [0.4, 0.5) is 0 Å². The summed E-state index contributed by atoms with van der Waals surface area (Å²) in [5.74, 6) is 0.539. The normalized spacial score (nSPS) is 16.3. The van der Waals surface area contributed by atoms with Gasteiger partial charge in [-0.3, -0.25) is 0 Å². The first-order chi connectivity index (χ1) is 3.89. The molecule has 0 unspecified atom stereocenters. The number of hydrogen-bond donors (Lipinski definition) is 1. The van der Waals surface area contributed by atoms with Gasteiger partial charge in [0.05, 0.1) is 6.10 Å². The monoisotopic (exact) mass is 130 g/mol. The summed E-state index contributed by atoms with van der Waals surface area (Å²) >= 11 is 0. The molecule has 0 fully saturated rings. The van der Waals surface area contributed by atoms with Gasteiger partial charge in [0.1, 0.15) is 0 Å². The van der Waals surface area contributed by atoms with E-state index in [1.165, 1.54) is 0 Å². The largest absolute Gasteiger partial charge is 0.393 e. The topological polar surface area (TPSA) is 20.2 Å². The minimum Gasteiger partial charge on any atom is -0.393 e. The van der Waals surface area contributed by atoms with Crippen LogP contribution in [0, 0.1) is 11.3 Å². The van der Waals surface area contributed by atoms with Gasteiger partial charge in [-0.15, -0.1) is 0 Å². The van der Waals surface area contributed by atoms with Gasteiger partial charge in [0.2, 0.25) is 0 Å². The van der Waals surface area contributed by atoms with Gasteiger partial charge in [-0.25, -0.2) is 0 Å². The van der Waals surface area contributed by atoms with Crippen molar-refractivity contribution in [2.75, 3.05) is 0 Å². The molecule has 0 radical (unpaired) electrons. The maximum atomic E-state index is 9.25. The summed E-state index contributed by atoms with van der Waals surface area (Å²) in [4.78, 5) is 0. The molecule has 9 heavy (non-hydrogen) atoms. The average molecular weight is 130 g/mol. The smallest absolute Gasteiger partial charge is 0.0565 e.